The highest BCUT2D eigenvalue weighted by atomic mass is 16.2. The van der Waals surface area contributed by atoms with Crippen LogP contribution in [0, 0.1) is 5.92 Å². The van der Waals surface area contributed by atoms with Gasteiger partial charge in [-0.1, -0.05) is 69.7 Å². The van der Waals surface area contributed by atoms with Gasteiger partial charge in [0.2, 0.25) is 5.91 Å². The highest BCUT2D eigenvalue weighted by Crippen LogP contribution is 2.26. The van der Waals surface area contributed by atoms with Crippen molar-refractivity contribution >= 4 is 16.9 Å². The van der Waals surface area contributed by atoms with E-state index in [1.54, 1.807) is 0 Å². The Labute approximate surface area is 155 Å². The average Bonchev–Trinajstić information content (AvgIpc) is 3.08. The van der Waals surface area contributed by atoms with Gasteiger partial charge in [0, 0.05) is 0 Å². The van der Waals surface area contributed by atoms with Crippen molar-refractivity contribution in [3.8, 4) is 0 Å². The number of fused-ring (bicyclic) bond motifs is 1. The second-order valence-electron chi connectivity index (χ2n) is 7.12. The molecule has 0 spiro atoms. The molecule has 0 fully saturated rings. The van der Waals surface area contributed by atoms with E-state index in [4.69, 9.17) is 4.98 Å². The van der Waals surface area contributed by atoms with Crippen LogP contribution in [0.4, 0.5) is 0 Å². The lowest BCUT2D eigenvalue weighted by Gasteiger charge is -2.24. The number of aromatic amines is 1. The third kappa shape index (κ3) is 3.96. The minimum atomic E-state index is -0.141. The fraction of sp³-hybridized carbons (Fsp3) is 0.364. The molecule has 4 nitrogen and oxygen atoms in total. The molecule has 0 aliphatic heterocycles. The predicted molar refractivity (Wildman–Crippen MR) is 106 cm³/mol. The number of para-hydroxylation sites is 2. The number of H-pyrrole nitrogens is 1. The first-order valence-electron chi connectivity index (χ1n) is 9.40. The van der Waals surface area contributed by atoms with E-state index in [0.29, 0.717) is 0 Å². The molecular formula is C22H27N3O. The van der Waals surface area contributed by atoms with Gasteiger partial charge in [-0.3, -0.25) is 4.79 Å². The van der Waals surface area contributed by atoms with Crippen LogP contribution in [0.5, 0.6) is 0 Å². The van der Waals surface area contributed by atoms with Crippen LogP contribution in [0.25, 0.3) is 11.0 Å². The number of carbonyl (C=O) groups excluding carboxylic acids is 1. The summed E-state index contributed by atoms with van der Waals surface area (Å²) in [4.78, 5) is 21.1. The number of imidazole rings is 1. The van der Waals surface area contributed by atoms with Crippen molar-refractivity contribution in [2.45, 2.75) is 45.6 Å². The topological polar surface area (TPSA) is 57.8 Å². The first-order valence-corrected chi connectivity index (χ1v) is 9.40. The summed E-state index contributed by atoms with van der Waals surface area (Å²) in [6, 6.07) is 17.8. The highest BCUT2D eigenvalue weighted by molar-refractivity contribution is 5.84. The van der Waals surface area contributed by atoms with Gasteiger partial charge in [0.05, 0.1) is 23.0 Å². The van der Waals surface area contributed by atoms with Crippen LogP contribution in [0.1, 0.15) is 57.0 Å². The smallest absolute Gasteiger partial charge is 0.228 e. The Morgan fingerprint density at radius 3 is 2.42 bits per heavy atom. The Morgan fingerprint density at radius 1 is 1.08 bits per heavy atom. The van der Waals surface area contributed by atoms with Gasteiger partial charge in [-0.15, -0.1) is 0 Å². The molecule has 2 atom stereocenters. The molecule has 2 N–H and O–H groups in total. The maximum Gasteiger partial charge on any atom is 0.228 e. The summed E-state index contributed by atoms with van der Waals surface area (Å²) < 4.78 is 0. The molecule has 0 saturated carbocycles. The van der Waals surface area contributed by atoms with Gasteiger partial charge in [0.15, 0.2) is 0 Å². The molecule has 1 aromatic heterocycles. The van der Waals surface area contributed by atoms with Crippen molar-refractivity contribution in [1.29, 1.82) is 0 Å². The van der Waals surface area contributed by atoms with Crippen LogP contribution in [0.15, 0.2) is 54.6 Å². The Kier molecular flexibility index (Phi) is 5.71. The summed E-state index contributed by atoms with van der Waals surface area (Å²) in [5.41, 5.74) is 2.99. The van der Waals surface area contributed by atoms with Crippen LogP contribution in [-0.2, 0) is 4.79 Å². The van der Waals surface area contributed by atoms with Crippen LogP contribution >= 0.6 is 0 Å². The third-order valence-electron chi connectivity index (χ3n) is 4.76. The summed E-state index contributed by atoms with van der Waals surface area (Å²) in [5.74, 6) is 0.986. The van der Waals surface area contributed by atoms with Crippen molar-refractivity contribution in [2.24, 2.45) is 5.92 Å². The van der Waals surface area contributed by atoms with Gasteiger partial charge in [-0.2, -0.15) is 0 Å². The predicted octanol–water partition coefficient (Wildman–Crippen LogP) is 4.96. The van der Waals surface area contributed by atoms with Crippen molar-refractivity contribution in [3.05, 3.63) is 66.0 Å². The van der Waals surface area contributed by atoms with E-state index in [9.17, 15) is 4.79 Å². The molecule has 0 radical (unpaired) electrons. The number of benzene rings is 2. The lowest BCUT2D eigenvalue weighted by Crippen LogP contribution is -2.36. The molecule has 0 aliphatic rings. The minimum Gasteiger partial charge on any atom is -0.345 e. The summed E-state index contributed by atoms with van der Waals surface area (Å²) in [6.45, 7) is 6.33. The van der Waals surface area contributed by atoms with Crippen molar-refractivity contribution in [2.75, 3.05) is 0 Å². The third-order valence-corrected chi connectivity index (χ3v) is 4.76. The van der Waals surface area contributed by atoms with Gasteiger partial charge in [-0.05, 0) is 30.0 Å². The molecule has 3 rings (SSSR count). The zero-order valence-electron chi connectivity index (χ0n) is 15.7. The number of hydrogen-bond acceptors (Lipinski definition) is 2. The van der Waals surface area contributed by atoms with E-state index in [2.05, 4.69) is 31.1 Å². The molecule has 0 aliphatic carbocycles. The van der Waals surface area contributed by atoms with Gasteiger partial charge in [0.25, 0.3) is 0 Å². The second-order valence-corrected chi connectivity index (χ2v) is 7.12. The Balaban J connectivity index is 1.85. The van der Waals surface area contributed by atoms with Crippen molar-refractivity contribution < 1.29 is 4.79 Å². The maximum atomic E-state index is 13.1. The zero-order valence-corrected chi connectivity index (χ0v) is 15.7. The number of hydrogen-bond donors (Lipinski definition) is 2. The van der Waals surface area contributed by atoms with E-state index in [0.717, 1.165) is 35.3 Å². The van der Waals surface area contributed by atoms with Crippen molar-refractivity contribution in [1.82, 2.24) is 15.3 Å². The normalized spacial score (nSPS) is 13.7. The number of nitrogens with one attached hydrogen (secondary N) is 2. The highest BCUT2D eigenvalue weighted by Gasteiger charge is 2.26. The molecule has 0 bridgehead atoms. The van der Waals surface area contributed by atoms with Gasteiger partial charge in [0.1, 0.15) is 5.82 Å². The van der Waals surface area contributed by atoms with Gasteiger partial charge < -0.3 is 10.3 Å². The number of rotatable bonds is 7. The molecule has 1 amide bonds. The van der Waals surface area contributed by atoms with Crippen LogP contribution in [0.3, 0.4) is 0 Å². The van der Waals surface area contributed by atoms with Gasteiger partial charge in [-0.25, -0.2) is 4.98 Å². The van der Waals surface area contributed by atoms with E-state index in [1.165, 1.54) is 0 Å². The van der Waals surface area contributed by atoms with Crippen molar-refractivity contribution in [3.63, 3.8) is 0 Å². The molecule has 3 aromatic rings. The van der Waals surface area contributed by atoms with Crippen LogP contribution in [-0.4, -0.2) is 15.9 Å². The van der Waals surface area contributed by atoms with E-state index < -0.39 is 0 Å². The fourth-order valence-electron chi connectivity index (χ4n) is 3.35. The van der Waals surface area contributed by atoms with E-state index in [-0.39, 0.29) is 23.8 Å². The molecular weight excluding hydrogens is 322 g/mol. The number of amides is 1. The van der Waals surface area contributed by atoms with E-state index >= 15 is 0 Å². The minimum absolute atomic E-state index is 0.0669. The Morgan fingerprint density at radius 2 is 1.77 bits per heavy atom. The molecule has 4 heteroatoms. The summed E-state index contributed by atoms with van der Waals surface area (Å²) in [7, 11) is 0. The number of carbonyl (C=O) groups is 1. The zero-order chi connectivity index (χ0) is 18.5. The Hall–Kier alpha value is -2.62. The van der Waals surface area contributed by atoms with Gasteiger partial charge >= 0.3 is 0 Å². The largest absolute Gasteiger partial charge is 0.345 e. The molecule has 2 unspecified atom stereocenters. The summed E-state index contributed by atoms with van der Waals surface area (Å²) >= 11 is 0. The average molecular weight is 349 g/mol. The lowest BCUT2D eigenvalue weighted by atomic mass is 9.92. The molecule has 0 saturated heterocycles. The maximum absolute atomic E-state index is 13.1. The molecule has 26 heavy (non-hydrogen) atoms. The number of aromatic nitrogens is 2. The monoisotopic (exact) mass is 349 g/mol. The fourth-order valence-corrected chi connectivity index (χ4v) is 3.35. The van der Waals surface area contributed by atoms with E-state index in [1.807, 2.05) is 54.6 Å². The number of nitrogens with zero attached hydrogens (tertiary/aromatic N) is 1. The first-order chi connectivity index (χ1) is 12.6. The SMILES string of the molecule is CCCC(C(=O)NC(c1nc2ccccc2[nH]1)C(C)C)c1ccccc1. The first kappa shape index (κ1) is 18.2. The van der Waals surface area contributed by atoms with Crippen LogP contribution in [0.2, 0.25) is 0 Å². The summed E-state index contributed by atoms with van der Waals surface area (Å²) in [5, 5.41) is 3.24. The summed E-state index contributed by atoms with van der Waals surface area (Å²) in [6.07, 6.45) is 1.80. The lowest BCUT2D eigenvalue weighted by molar-refractivity contribution is -0.123. The standard InChI is InChI=1S/C22H27N3O/c1-4-10-17(16-11-6-5-7-12-16)22(26)25-20(15(2)3)21-23-18-13-8-9-14-19(18)24-21/h5-9,11-15,17,20H,4,10H2,1-3H3,(H,23,24)(H,25,26). The second kappa shape index (κ2) is 8.17. The molecule has 1 heterocycles. The van der Waals surface area contributed by atoms with Crippen LogP contribution < -0.4 is 5.32 Å². The molecule has 136 valence electrons. The molecule has 2 aromatic carbocycles. The Bertz CT molecular complexity index is 821. The quantitative estimate of drug-likeness (QED) is 0.633.